The largest absolute Gasteiger partial charge is 0.478 e. The lowest BCUT2D eigenvalue weighted by Gasteiger charge is -2.07. The minimum atomic E-state index is -0.915. The maximum atomic E-state index is 11.4. The standard InChI is InChI=1S/C20H21N3O2/c1-2-3-8-19-21-14-23(22-19)13-15-9-11-16(12-10-15)17-6-4-5-7-18(17)20(24)25/h4-7,9-12,14H,2-3,8,13H2,1H3,(H,24,25). The van der Waals surface area contributed by atoms with Crippen molar-refractivity contribution in [2.24, 2.45) is 0 Å². The van der Waals surface area contributed by atoms with Crippen LogP contribution in [0.15, 0.2) is 54.9 Å². The molecule has 128 valence electrons. The minimum Gasteiger partial charge on any atom is -0.478 e. The number of carbonyl (C=O) groups is 1. The van der Waals surface area contributed by atoms with Crippen LogP contribution in [0.5, 0.6) is 0 Å². The molecule has 25 heavy (non-hydrogen) atoms. The molecule has 5 nitrogen and oxygen atoms in total. The van der Waals surface area contributed by atoms with Crippen LogP contribution in [0, 0.1) is 0 Å². The number of aromatic nitrogens is 3. The number of rotatable bonds is 7. The zero-order valence-electron chi connectivity index (χ0n) is 14.2. The van der Waals surface area contributed by atoms with Crippen LogP contribution in [0.2, 0.25) is 0 Å². The number of nitrogens with zero attached hydrogens (tertiary/aromatic N) is 3. The van der Waals surface area contributed by atoms with Gasteiger partial charge in [-0.1, -0.05) is 55.8 Å². The van der Waals surface area contributed by atoms with Crippen molar-refractivity contribution in [1.82, 2.24) is 14.8 Å². The molecule has 0 saturated carbocycles. The fraction of sp³-hybridized carbons (Fsp3) is 0.250. The average Bonchev–Trinajstić information content (AvgIpc) is 3.08. The fourth-order valence-corrected chi connectivity index (χ4v) is 2.76. The summed E-state index contributed by atoms with van der Waals surface area (Å²) in [5.41, 5.74) is 3.03. The van der Waals surface area contributed by atoms with Gasteiger partial charge in [0.2, 0.25) is 0 Å². The fourth-order valence-electron chi connectivity index (χ4n) is 2.76. The Kier molecular flexibility index (Phi) is 5.23. The van der Waals surface area contributed by atoms with Crippen LogP contribution in [0.4, 0.5) is 0 Å². The molecular formula is C20H21N3O2. The second kappa shape index (κ2) is 7.75. The van der Waals surface area contributed by atoms with Gasteiger partial charge in [0.25, 0.3) is 0 Å². The van der Waals surface area contributed by atoms with Gasteiger partial charge in [0.15, 0.2) is 5.82 Å². The van der Waals surface area contributed by atoms with E-state index in [-0.39, 0.29) is 0 Å². The van der Waals surface area contributed by atoms with Crippen LogP contribution in [0.25, 0.3) is 11.1 Å². The molecule has 0 aliphatic carbocycles. The van der Waals surface area contributed by atoms with E-state index in [0.717, 1.165) is 41.8 Å². The van der Waals surface area contributed by atoms with Crippen molar-refractivity contribution >= 4 is 5.97 Å². The Balaban J connectivity index is 1.75. The molecule has 0 fully saturated rings. The Morgan fingerprint density at radius 2 is 1.88 bits per heavy atom. The minimum absolute atomic E-state index is 0.312. The molecule has 0 spiro atoms. The van der Waals surface area contributed by atoms with Crippen molar-refractivity contribution in [3.63, 3.8) is 0 Å². The summed E-state index contributed by atoms with van der Waals surface area (Å²) in [4.78, 5) is 15.7. The molecule has 0 aliphatic rings. The Morgan fingerprint density at radius 3 is 2.60 bits per heavy atom. The normalized spacial score (nSPS) is 10.8. The van der Waals surface area contributed by atoms with E-state index in [1.54, 1.807) is 18.5 Å². The van der Waals surface area contributed by atoms with Crippen LogP contribution in [0.3, 0.4) is 0 Å². The lowest BCUT2D eigenvalue weighted by Crippen LogP contribution is -2.02. The first-order valence-corrected chi connectivity index (χ1v) is 8.47. The van der Waals surface area contributed by atoms with Gasteiger partial charge < -0.3 is 5.11 Å². The first-order valence-electron chi connectivity index (χ1n) is 8.47. The predicted molar refractivity (Wildman–Crippen MR) is 96.6 cm³/mol. The molecule has 0 atom stereocenters. The first kappa shape index (κ1) is 16.9. The number of hydrogen-bond donors (Lipinski definition) is 1. The van der Waals surface area contributed by atoms with E-state index >= 15 is 0 Å². The van der Waals surface area contributed by atoms with Crippen LogP contribution in [-0.2, 0) is 13.0 Å². The molecule has 5 heteroatoms. The summed E-state index contributed by atoms with van der Waals surface area (Å²) in [5, 5.41) is 13.8. The summed E-state index contributed by atoms with van der Waals surface area (Å²) in [6.45, 7) is 2.81. The molecule has 0 unspecified atom stereocenters. The SMILES string of the molecule is CCCCc1ncn(Cc2ccc(-c3ccccc3C(=O)O)cc2)n1. The van der Waals surface area contributed by atoms with E-state index in [0.29, 0.717) is 12.1 Å². The Bertz CT molecular complexity index is 853. The van der Waals surface area contributed by atoms with E-state index < -0.39 is 5.97 Å². The number of hydrogen-bond acceptors (Lipinski definition) is 3. The number of aromatic carboxylic acids is 1. The Hall–Kier alpha value is -2.95. The molecule has 0 bridgehead atoms. The van der Waals surface area contributed by atoms with Gasteiger partial charge in [0.05, 0.1) is 12.1 Å². The summed E-state index contributed by atoms with van der Waals surface area (Å²) in [6, 6.07) is 14.9. The van der Waals surface area contributed by atoms with Gasteiger partial charge in [0.1, 0.15) is 6.33 Å². The third-order valence-electron chi connectivity index (χ3n) is 4.10. The van der Waals surface area contributed by atoms with Crippen LogP contribution in [0.1, 0.15) is 41.5 Å². The maximum absolute atomic E-state index is 11.4. The van der Waals surface area contributed by atoms with Crippen LogP contribution < -0.4 is 0 Å². The summed E-state index contributed by atoms with van der Waals surface area (Å²) >= 11 is 0. The molecular weight excluding hydrogens is 314 g/mol. The molecule has 0 radical (unpaired) electrons. The van der Waals surface area contributed by atoms with Crippen molar-refractivity contribution in [2.45, 2.75) is 32.7 Å². The Labute approximate surface area is 147 Å². The summed E-state index contributed by atoms with van der Waals surface area (Å²) in [6.07, 6.45) is 4.91. The van der Waals surface area contributed by atoms with Crippen molar-refractivity contribution in [1.29, 1.82) is 0 Å². The molecule has 2 aromatic carbocycles. The molecule has 3 aromatic rings. The molecule has 3 rings (SSSR count). The van der Waals surface area contributed by atoms with Gasteiger partial charge in [-0.25, -0.2) is 14.5 Å². The van der Waals surface area contributed by atoms with Crippen LogP contribution in [-0.4, -0.2) is 25.8 Å². The quantitative estimate of drug-likeness (QED) is 0.708. The monoisotopic (exact) mass is 335 g/mol. The predicted octanol–water partition coefficient (Wildman–Crippen LogP) is 4.03. The smallest absolute Gasteiger partial charge is 0.336 e. The number of carboxylic acids is 1. The van der Waals surface area contributed by atoms with E-state index in [4.69, 9.17) is 0 Å². The van der Waals surface area contributed by atoms with Gasteiger partial charge in [-0.05, 0) is 29.2 Å². The van der Waals surface area contributed by atoms with Crippen molar-refractivity contribution in [3.8, 4) is 11.1 Å². The second-order valence-electron chi connectivity index (χ2n) is 6.01. The molecule has 1 N–H and O–H groups in total. The lowest BCUT2D eigenvalue weighted by molar-refractivity contribution is 0.0697. The van der Waals surface area contributed by atoms with E-state index in [1.165, 1.54) is 0 Å². The highest BCUT2D eigenvalue weighted by molar-refractivity contribution is 5.95. The molecule has 1 aromatic heterocycles. The molecule has 0 aliphatic heterocycles. The van der Waals surface area contributed by atoms with Gasteiger partial charge in [-0.3, -0.25) is 0 Å². The third kappa shape index (κ3) is 4.12. The van der Waals surface area contributed by atoms with Crippen LogP contribution >= 0.6 is 0 Å². The zero-order chi connectivity index (χ0) is 17.6. The van der Waals surface area contributed by atoms with Crippen molar-refractivity contribution in [3.05, 3.63) is 71.8 Å². The van der Waals surface area contributed by atoms with E-state index in [1.807, 2.05) is 41.1 Å². The van der Waals surface area contributed by atoms with Gasteiger partial charge in [0, 0.05) is 6.42 Å². The van der Waals surface area contributed by atoms with Gasteiger partial charge in [-0.2, -0.15) is 5.10 Å². The van der Waals surface area contributed by atoms with Crippen molar-refractivity contribution in [2.75, 3.05) is 0 Å². The van der Waals surface area contributed by atoms with Gasteiger partial charge in [-0.15, -0.1) is 0 Å². The number of unbranched alkanes of at least 4 members (excludes halogenated alkanes) is 1. The van der Waals surface area contributed by atoms with Gasteiger partial charge >= 0.3 is 5.97 Å². The highest BCUT2D eigenvalue weighted by Crippen LogP contribution is 2.24. The number of benzene rings is 2. The molecule has 0 saturated heterocycles. The summed E-state index contributed by atoms with van der Waals surface area (Å²) in [5.74, 6) is -0.0317. The van der Waals surface area contributed by atoms with E-state index in [9.17, 15) is 9.90 Å². The first-order chi connectivity index (χ1) is 12.2. The topological polar surface area (TPSA) is 68.0 Å². The zero-order valence-corrected chi connectivity index (χ0v) is 14.2. The summed E-state index contributed by atoms with van der Waals surface area (Å²) < 4.78 is 1.84. The summed E-state index contributed by atoms with van der Waals surface area (Å²) in [7, 11) is 0. The third-order valence-corrected chi connectivity index (χ3v) is 4.10. The Morgan fingerprint density at radius 1 is 1.12 bits per heavy atom. The number of aryl methyl sites for hydroxylation is 1. The average molecular weight is 335 g/mol. The molecule has 0 amide bonds. The lowest BCUT2D eigenvalue weighted by atomic mass is 9.99. The highest BCUT2D eigenvalue weighted by Gasteiger charge is 2.10. The van der Waals surface area contributed by atoms with Crippen molar-refractivity contribution < 1.29 is 9.90 Å². The second-order valence-corrected chi connectivity index (χ2v) is 6.01. The molecule has 1 heterocycles. The number of carboxylic acid groups (broad SMARTS) is 1. The highest BCUT2D eigenvalue weighted by atomic mass is 16.4. The maximum Gasteiger partial charge on any atom is 0.336 e. The van der Waals surface area contributed by atoms with E-state index in [2.05, 4.69) is 17.0 Å².